The zero-order valence-corrected chi connectivity index (χ0v) is 17.8. The predicted octanol–water partition coefficient (Wildman–Crippen LogP) is 3.09. The summed E-state index contributed by atoms with van der Waals surface area (Å²) in [4.78, 5) is 10.7. The van der Waals surface area contributed by atoms with Gasteiger partial charge in [0.1, 0.15) is 5.82 Å². The zero-order valence-electron chi connectivity index (χ0n) is 16.2. The van der Waals surface area contributed by atoms with Crippen LogP contribution in [0.15, 0.2) is 24.3 Å². The lowest BCUT2D eigenvalue weighted by Crippen LogP contribution is -2.32. The number of hydrogen-bond acceptors (Lipinski definition) is 7. The maximum Gasteiger partial charge on any atom is 0.222 e. The number of rotatable bonds is 4. The summed E-state index contributed by atoms with van der Waals surface area (Å²) in [5, 5.41) is -0.114. The number of benzene rings is 1. The van der Waals surface area contributed by atoms with Crippen molar-refractivity contribution in [2.75, 3.05) is 36.6 Å². The second-order valence-corrected chi connectivity index (χ2v) is 9.89. The van der Waals surface area contributed by atoms with Gasteiger partial charge < -0.3 is 15.4 Å². The van der Waals surface area contributed by atoms with E-state index in [4.69, 9.17) is 22.1 Å². The Hall–Kier alpha value is -1.90. The molecule has 3 rings (SSSR count). The van der Waals surface area contributed by atoms with Crippen LogP contribution >= 0.6 is 11.6 Å². The first-order valence-corrected chi connectivity index (χ1v) is 11.4. The minimum absolute atomic E-state index is 0.161. The van der Waals surface area contributed by atoms with Gasteiger partial charge >= 0.3 is 0 Å². The van der Waals surface area contributed by atoms with Crippen LogP contribution in [0.4, 0.5) is 11.8 Å². The second kappa shape index (κ2) is 8.23. The Morgan fingerprint density at radius 2 is 2.07 bits per heavy atom. The van der Waals surface area contributed by atoms with E-state index in [2.05, 4.69) is 14.9 Å². The van der Waals surface area contributed by atoms with E-state index < -0.39 is 15.1 Å². The van der Waals surface area contributed by atoms with Gasteiger partial charge in [-0.2, -0.15) is 4.98 Å². The molecule has 152 valence electrons. The molecule has 0 saturated carbocycles. The fraction of sp³-hybridized carbons (Fsp3) is 0.474. The molecule has 2 N–H and O–H groups in total. The summed E-state index contributed by atoms with van der Waals surface area (Å²) in [6.45, 7) is 5.36. The van der Waals surface area contributed by atoms with E-state index in [1.165, 1.54) is 6.26 Å². The van der Waals surface area contributed by atoms with Crippen molar-refractivity contribution in [3.05, 3.63) is 46.1 Å². The highest BCUT2D eigenvalue weighted by atomic mass is 35.5. The number of nitrogen functional groups attached to an aromatic ring is 1. The van der Waals surface area contributed by atoms with E-state index in [-0.39, 0.29) is 12.0 Å². The van der Waals surface area contributed by atoms with Crippen LogP contribution in [0, 0.1) is 6.92 Å². The second-order valence-electron chi connectivity index (χ2n) is 7.12. The van der Waals surface area contributed by atoms with Crippen LogP contribution in [0.2, 0.25) is 5.02 Å². The molecule has 0 aliphatic carbocycles. The van der Waals surface area contributed by atoms with Crippen LogP contribution in [0.3, 0.4) is 0 Å². The molecule has 0 radical (unpaired) electrons. The number of hydrogen-bond donors (Lipinski definition) is 1. The Morgan fingerprint density at radius 3 is 2.71 bits per heavy atom. The smallest absolute Gasteiger partial charge is 0.222 e. The summed E-state index contributed by atoms with van der Waals surface area (Å²) in [5.74, 6) is 0.951. The third-order valence-electron chi connectivity index (χ3n) is 4.99. The zero-order chi connectivity index (χ0) is 20.5. The normalized spacial score (nSPS) is 19.3. The number of nitrogens with zero attached hydrogens (tertiary/aromatic N) is 3. The minimum atomic E-state index is -3.20. The molecule has 2 heterocycles. The number of anilines is 2. The molecule has 0 unspecified atom stereocenters. The van der Waals surface area contributed by atoms with Gasteiger partial charge in [0.25, 0.3) is 0 Å². The summed E-state index contributed by atoms with van der Waals surface area (Å²) in [6.07, 6.45) is 2.07. The Morgan fingerprint density at radius 1 is 1.32 bits per heavy atom. The molecule has 2 atom stereocenters. The SMILES string of the molecule is Cc1cc(N2CCCOC[C@@H]2c2ccc([C@@H](C)S(C)(=O)=O)cc2Cl)nc(N)n1. The van der Waals surface area contributed by atoms with Crippen LogP contribution in [-0.4, -0.2) is 44.4 Å². The van der Waals surface area contributed by atoms with Crippen LogP contribution in [-0.2, 0) is 14.6 Å². The van der Waals surface area contributed by atoms with E-state index in [0.29, 0.717) is 23.8 Å². The molecule has 2 aromatic rings. The molecular weight excluding hydrogens is 400 g/mol. The summed E-state index contributed by atoms with van der Waals surface area (Å²) in [6, 6.07) is 7.15. The molecule has 0 spiro atoms. The molecule has 1 aromatic carbocycles. The third-order valence-corrected chi connectivity index (χ3v) is 6.87. The minimum Gasteiger partial charge on any atom is -0.379 e. The van der Waals surface area contributed by atoms with Crippen molar-refractivity contribution < 1.29 is 13.2 Å². The summed E-state index contributed by atoms with van der Waals surface area (Å²) >= 11 is 6.59. The number of ether oxygens (including phenoxy) is 1. The molecule has 1 aromatic heterocycles. The van der Waals surface area contributed by atoms with Gasteiger partial charge in [-0.15, -0.1) is 0 Å². The number of aromatic nitrogens is 2. The van der Waals surface area contributed by atoms with Gasteiger partial charge in [-0.1, -0.05) is 23.7 Å². The fourth-order valence-electron chi connectivity index (χ4n) is 3.34. The summed E-state index contributed by atoms with van der Waals surface area (Å²) in [5.41, 5.74) is 8.17. The van der Waals surface area contributed by atoms with E-state index in [0.717, 1.165) is 30.0 Å². The maximum atomic E-state index is 11.9. The first kappa shape index (κ1) is 20.8. The van der Waals surface area contributed by atoms with Gasteiger partial charge in [0, 0.05) is 36.2 Å². The lowest BCUT2D eigenvalue weighted by Gasteiger charge is -2.31. The molecule has 7 nitrogen and oxygen atoms in total. The number of nitrogens with two attached hydrogens (primary N) is 1. The third kappa shape index (κ3) is 4.56. The lowest BCUT2D eigenvalue weighted by molar-refractivity contribution is 0.134. The van der Waals surface area contributed by atoms with Crippen LogP contribution in [0.1, 0.15) is 41.5 Å². The first-order valence-electron chi connectivity index (χ1n) is 9.10. The fourth-order valence-corrected chi connectivity index (χ4v) is 4.30. The monoisotopic (exact) mass is 424 g/mol. The van der Waals surface area contributed by atoms with Gasteiger partial charge in [-0.3, -0.25) is 0 Å². The summed E-state index contributed by atoms with van der Waals surface area (Å²) < 4.78 is 29.5. The Kier molecular flexibility index (Phi) is 6.12. The average Bonchev–Trinajstić information content (AvgIpc) is 2.85. The highest BCUT2D eigenvalue weighted by Crippen LogP contribution is 2.35. The molecule has 1 aliphatic heterocycles. The largest absolute Gasteiger partial charge is 0.379 e. The van der Waals surface area contributed by atoms with E-state index in [9.17, 15) is 8.42 Å². The number of aryl methyl sites for hydroxylation is 1. The highest BCUT2D eigenvalue weighted by molar-refractivity contribution is 7.90. The highest BCUT2D eigenvalue weighted by Gasteiger charge is 2.28. The van der Waals surface area contributed by atoms with Crippen molar-refractivity contribution in [3.8, 4) is 0 Å². The van der Waals surface area contributed by atoms with Crippen LogP contribution in [0.5, 0.6) is 0 Å². The Balaban J connectivity index is 2.01. The molecular formula is C19H25ClN4O3S. The first-order chi connectivity index (χ1) is 13.2. The van der Waals surface area contributed by atoms with Gasteiger partial charge in [0.2, 0.25) is 5.95 Å². The Labute approximate surface area is 170 Å². The maximum absolute atomic E-state index is 11.9. The average molecular weight is 425 g/mol. The molecule has 28 heavy (non-hydrogen) atoms. The molecule has 9 heteroatoms. The van der Waals surface area contributed by atoms with Crippen LogP contribution < -0.4 is 10.6 Å². The van der Waals surface area contributed by atoms with Crippen molar-refractivity contribution in [2.45, 2.75) is 31.6 Å². The quantitative estimate of drug-likeness (QED) is 0.804. The van der Waals surface area contributed by atoms with Crippen LogP contribution in [0.25, 0.3) is 0 Å². The van der Waals surface area contributed by atoms with E-state index in [1.807, 2.05) is 25.1 Å². The lowest BCUT2D eigenvalue weighted by atomic mass is 10.0. The predicted molar refractivity (Wildman–Crippen MR) is 111 cm³/mol. The van der Waals surface area contributed by atoms with Crippen molar-refractivity contribution in [1.29, 1.82) is 0 Å². The van der Waals surface area contributed by atoms with Gasteiger partial charge in [0.05, 0.1) is 17.9 Å². The molecule has 1 saturated heterocycles. The molecule has 0 amide bonds. The number of sulfone groups is 1. The van der Waals surface area contributed by atoms with Gasteiger partial charge in [-0.25, -0.2) is 13.4 Å². The van der Waals surface area contributed by atoms with Gasteiger partial charge in [-0.05, 0) is 37.5 Å². The van der Waals surface area contributed by atoms with E-state index in [1.54, 1.807) is 13.0 Å². The van der Waals surface area contributed by atoms with Gasteiger partial charge in [0.15, 0.2) is 9.84 Å². The number of halogens is 1. The van der Waals surface area contributed by atoms with Crippen molar-refractivity contribution in [3.63, 3.8) is 0 Å². The standard InChI is InChI=1S/C19H25ClN4O3S/c1-12-9-18(23-19(21)22-12)24-7-4-8-27-11-17(24)15-6-5-14(10-16(15)20)13(2)28(3,25)26/h5-6,9-10,13,17H,4,7-8,11H2,1-3H3,(H2,21,22,23)/t13-,17-/m1/s1. The van der Waals surface area contributed by atoms with Crippen molar-refractivity contribution in [1.82, 2.24) is 9.97 Å². The molecule has 0 bridgehead atoms. The molecule has 1 aliphatic rings. The van der Waals surface area contributed by atoms with Crippen molar-refractivity contribution in [2.24, 2.45) is 0 Å². The summed E-state index contributed by atoms with van der Waals surface area (Å²) in [7, 11) is -3.20. The molecule has 1 fully saturated rings. The topological polar surface area (TPSA) is 98.4 Å². The van der Waals surface area contributed by atoms with Crippen molar-refractivity contribution >= 4 is 33.2 Å². The Bertz CT molecular complexity index is 947. The van der Waals surface area contributed by atoms with E-state index >= 15 is 0 Å².